The fourth-order valence-electron chi connectivity index (χ4n) is 2.66. The Balaban J connectivity index is 2.21. The van der Waals surface area contributed by atoms with E-state index in [1.54, 1.807) is 18.2 Å². The monoisotopic (exact) mass is 296 g/mol. The molecule has 20 heavy (non-hydrogen) atoms. The number of halogens is 1. The molecule has 1 unspecified atom stereocenters. The van der Waals surface area contributed by atoms with Crippen molar-refractivity contribution in [3.8, 4) is 5.75 Å². The summed E-state index contributed by atoms with van der Waals surface area (Å²) in [5.41, 5.74) is 0.0103. The van der Waals surface area contributed by atoms with Crippen molar-refractivity contribution in [1.82, 2.24) is 0 Å². The van der Waals surface area contributed by atoms with E-state index in [9.17, 15) is 4.79 Å². The molecule has 110 valence electrons. The van der Waals surface area contributed by atoms with Gasteiger partial charge in [-0.2, -0.15) is 0 Å². The highest BCUT2D eigenvalue weighted by atomic mass is 35.5. The quantitative estimate of drug-likeness (QED) is 0.782. The third kappa shape index (κ3) is 3.15. The first-order valence-corrected chi connectivity index (χ1v) is 7.16. The van der Waals surface area contributed by atoms with Gasteiger partial charge >= 0.3 is 0 Å². The van der Waals surface area contributed by atoms with Crippen LogP contribution in [-0.2, 0) is 4.74 Å². The van der Waals surface area contributed by atoms with Crippen molar-refractivity contribution < 1.29 is 14.3 Å². The molecule has 1 aromatic rings. The molecule has 0 spiro atoms. The summed E-state index contributed by atoms with van der Waals surface area (Å²) in [6.45, 7) is 9.66. The maximum absolute atomic E-state index is 11.3. The van der Waals surface area contributed by atoms with Gasteiger partial charge in [0.2, 0.25) is 0 Å². The molecule has 4 heteroatoms. The molecule has 1 atom stereocenters. The van der Waals surface area contributed by atoms with Gasteiger partial charge in [0.05, 0.1) is 10.6 Å². The summed E-state index contributed by atoms with van der Waals surface area (Å²) in [6, 6.07) is 5.13. The highest BCUT2D eigenvalue weighted by Gasteiger charge is 2.47. The summed E-state index contributed by atoms with van der Waals surface area (Å²) in [5, 5.41) is 0.457. The third-order valence-corrected chi connectivity index (χ3v) is 3.89. The van der Waals surface area contributed by atoms with Crippen LogP contribution in [0.15, 0.2) is 18.2 Å². The van der Waals surface area contributed by atoms with Crippen molar-refractivity contribution in [2.75, 3.05) is 0 Å². The van der Waals surface area contributed by atoms with E-state index in [4.69, 9.17) is 21.1 Å². The molecule has 0 radical (unpaired) electrons. The summed E-state index contributed by atoms with van der Waals surface area (Å²) >= 11 is 6.20. The summed E-state index contributed by atoms with van der Waals surface area (Å²) in [6.07, 6.45) is 0.725. The molecule has 2 rings (SSSR count). The van der Waals surface area contributed by atoms with Crippen LogP contribution >= 0.6 is 11.6 Å². The predicted molar refractivity (Wildman–Crippen MR) is 79.7 cm³/mol. The number of ether oxygens (including phenoxy) is 2. The topological polar surface area (TPSA) is 35.5 Å². The summed E-state index contributed by atoms with van der Waals surface area (Å²) in [7, 11) is 0. The fraction of sp³-hybridized carbons (Fsp3) is 0.562. The van der Waals surface area contributed by atoms with Crippen molar-refractivity contribution in [1.29, 1.82) is 0 Å². The zero-order valence-corrected chi connectivity index (χ0v) is 13.4. The van der Waals surface area contributed by atoms with Crippen LogP contribution < -0.4 is 4.74 Å². The zero-order valence-electron chi connectivity index (χ0n) is 12.6. The number of rotatable bonds is 3. The Bertz CT molecular complexity index is 535. The number of benzene rings is 1. The van der Waals surface area contributed by atoms with Gasteiger partial charge in [-0.1, -0.05) is 11.6 Å². The summed E-state index contributed by atoms with van der Waals surface area (Å²) in [5.74, 6) is 0.583. The average Bonchev–Trinajstić information content (AvgIpc) is 2.49. The molecule has 1 aliphatic heterocycles. The van der Waals surface area contributed by atoms with Crippen molar-refractivity contribution in [2.24, 2.45) is 0 Å². The van der Waals surface area contributed by atoms with Crippen LogP contribution in [0.2, 0.25) is 5.02 Å². The Morgan fingerprint density at radius 3 is 2.45 bits per heavy atom. The largest absolute Gasteiger partial charge is 0.486 e. The van der Waals surface area contributed by atoms with Gasteiger partial charge in [-0.3, -0.25) is 4.79 Å². The Hall–Kier alpha value is -1.06. The van der Waals surface area contributed by atoms with Crippen LogP contribution in [0.25, 0.3) is 0 Å². The molecule has 0 N–H and O–H groups in total. The first-order chi connectivity index (χ1) is 9.11. The van der Waals surface area contributed by atoms with Crippen LogP contribution in [0.5, 0.6) is 5.75 Å². The molecule has 0 aromatic heterocycles. The molecule has 1 saturated heterocycles. The van der Waals surface area contributed by atoms with Gasteiger partial charge < -0.3 is 9.47 Å². The average molecular weight is 297 g/mol. The second-order valence-corrected chi connectivity index (χ2v) is 6.88. The van der Waals surface area contributed by atoms with Gasteiger partial charge in [0.15, 0.2) is 5.78 Å². The molecule has 0 bridgehead atoms. The van der Waals surface area contributed by atoms with E-state index in [0.29, 0.717) is 16.3 Å². The minimum absolute atomic E-state index is 0.0101. The van der Waals surface area contributed by atoms with Crippen LogP contribution in [-0.4, -0.2) is 23.1 Å². The second kappa shape index (κ2) is 5.05. The van der Waals surface area contributed by atoms with Gasteiger partial charge in [0, 0.05) is 12.0 Å². The van der Waals surface area contributed by atoms with Crippen LogP contribution in [0.1, 0.15) is 51.4 Å². The summed E-state index contributed by atoms with van der Waals surface area (Å²) in [4.78, 5) is 11.3. The Kier molecular flexibility index (Phi) is 3.87. The SMILES string of the molecule is CC(=O)c1ccc(OC2CC(C)(C)OC2(C)C)c(Cl)c1. The molecule has 3 nitrogen and oxygen atoms in total. The number of carbonyl (C=O) groups excluding carboxylic acids is 1. The molecule has 1 aliphatic rings. The van der Waals surface area contributed by atoms with Crippen molar-refractivity contribution in [2.45, 2.75) is 58.3 Å². The molecular formula is C16H21ClO3. The first kappa shape index (κ1) is 15.3. The van der Waals surface area contributed by atoms with Gasteiger partial charge in [-0.05, 0) is 52.8 Å². The maximum Gasteiger partial charge on any atom is 0.159 e. The second-order valence-electron chi connectivity index (χ2n) is 6.48. The molecular weight excluding hydrogens is 276 g/mol. The smallest absolute Gasteiger partial charge is 0.159 e. The highest BCUT2D eigenvalue weighted by molar-refractivity contribution is 6.32. The molecule has 1 aromatic carbocycles. The Morgan fingerprint density at radius 2 is 2.00 bits per heavy atom. The molecule has 0 saturated carbocycles. The van der Waals surface area contributed by atoms with E-state index in [0.717, 1.165) is 6.42 Å². The maximum atomic E-state index is 11.3. The van der Waals surface area contributed by atoms with Crippen LogP contribution in [0.4, 0.5) is 0 Å². The molecule has 0 amide bonds. The standard InChI is InChI=1S/C16H21ClO3/c1-10(18)11-6-7-13(12(17)8-11)19-14-9-15(2,3)20-16(14,4)5/h6-8,14H,9H2,1-5H3. The minimum atomic E-state index is -0.369. The van der Waals surface area contributed by atoms with Crippen molar-refractivity contribution in [3.63, 3.8) is 0 Å². The van der Waals surface area contributed by atoms with Gasteiger partial charge in [0.25, 0.3) is 0 Å². The van der Waals surface area contributed by atoms with Crippen LogP contribution in [0, 0.1) is 0 Å². The fourth-order valence-corrected chi connectivity index (χ4v) is 2.89. The number of hydrogen-bond acceptors (Lipinski definition) is 3. The number of Topliss-reactive ketones (excluding diaryl/α,β-unsaturated/α-hetero) is 1. The van der Waals surface area contributed by atoms with Gasteiger partial charge in [-0.15, -0.1) is 0 Å². The third-order valence-electron chi connectivity index (χ3n) is 3.60. The summed E-state index contributed by atoms with van der Waals surface area (Å²) < 4.78 is 12.0. The lowest BCUT2D eigenvalue weighted by atomic mass is 9.97. The lowest BCUT2D eigenvalue weighted by Gasteiger charge is -2.27. The van der Waals surface area contributed by atoms with E-state index >= 15 is 0 Å². The number of carbonyl (C=O) groups is 1. The minimum Gasteiger partial charge on any atom is -0.486 e. The molecule has 0 aliphatic carbocycles. The van der Waals surface area contributed by atoms with Crippen molar-refractivity contribution >= 4 is 17.4 Å². The van der Waals surface area contributed by atoms with E-state index in [1.807, 2.05) is 13.8 Å². The molecule has 1 fully saturated rings. The number of ketones is 1. The first-order valence-electron chi connectivity index (χ1n) is 6.78. The zero-order chi connectivity index (χ0) is 15.1. The van der Waals surface area contributed by atoms with E-state index in [-0.39, 0.29) is 23.1 Å². The Labute approximate surface area is 125 Å². The lowest BCUT2D eigenvalue weighted by Crippen LogP contribution is -2.36. The van der Waals surface area contributed by atoms with E-state index in [1.165, 1.54) is 6.92 Å². The highest BCUT2D eigenvalue weighted by Crippen LogP contribution is 2.40. The van der Waals surface area contributed by atoms with E-state index < -0.39 is 0 Å². The Morgan fingerprint density at radius 1 is 1.35 bits per heavy atom. The lowest BCUT2D eigenvalue weighted by molar-refractivity contribution is -0.0845. The van der Waals surface area contributed by atoms with Crippen LogP contribution in [0.3, 0.4) is 0 Å². The van der Waals surface area contributed by atoms with E-state index in [2.05, 4.69) is 13.8 Å². The van der Waals surface area contributed by atoms with Gasteiger partial charge in [0.1, 0.15) is 17.5 Å². The predicted octanol–water partition coefficient (Wildman–Crippen LogP) is 4.27. The van der Waals surface area contributed by atoms with Crippen molar-refractivity contribution in [3.05, 3.63) is 28.8 Å². The molecule has 1 heterocycles. The number of hydrogen-bond donors (Lipinski definition) is 0. The van der Waals surface area contributed by atoms with Gasteiger partial charge in [-0.25, -0.2) is 0 Å². The normalized spacial score (nSPS) is 23.6.